The van der Waals surface area contributed by atoms with Crippen molar-refractivity contribution in [1.82, 2.24) is 9.97 Å². The monoisotopic (exact) mass is 527 g/mol. The molecule has 7 nitrogen and oxygen atoms in total. The zero-order valence-electron chi connectivity index (χ0n) is 21.8. The summed E-state index contributed by atoms with van der Waals surface area (Å²) >= 11 is 0. The Labute approximate surface area is 219 Å². The summed E-state index contributed by atoms with van der Waals surface area (Å²) in [6, 6.07) is 4.80. The smallest absolute Gasteiger partial charge is 0.276 e. The molecule has 0 bridgehead atoms. The number of nitrogen functional groups attached to an aromatic ring is 1. The van der Waals surface area contributed by atoms with Gasteiger partial charge in [0.15, 0.2) is 11.5 Å². The van der Waals surface area contributed by atoms with Gasteiger partial charge in [0.1, 0.15) is 17.3 Å². The van der Waals surface area contributed by atoms with Crippen molar-refractivity contribution in [2.24, 2.45) is 11.7 Å². The van der Waals surface area contributed by atoms with E-state index in [1.807, 2.05) is 6.07 Å². The van der Waals surface area contributed by atoms with Crippen LogP contribution >= 0.6 is 0 Å². The first-order chi connectivity index (χ1) is 17.9. The third-order valence-electron chi connectivity index (χ3n) is 7.23. The van der Waals surface area contributed by atoms with Crippen LogP contribution < -0.4 is 16.8 Å². The van der Waals surface area contributed by atoms with Gasteiger partial charge >= 0.3 is 0 Å². The average Bonchev–Trinajstić information content (AvgIpc) is 2.84. The number of benzene rings is 1. The molecule has 2 aromatic heterocycles. The number of carbonyl (C=O) groups is 1. The number of nitrogens with two attached hydrogens (primary N) is 2. The van der Waals surface area contributed by atoms with Gasteiger partial charge in [-0.05, 0) is 74.3 Å². The number of anilines is 2. The SMILES string of the molecule is COC(C)(C)c1cc(F)c(-c2nc(C(=O)Nc3cnccc3[C@@H]3C[C@H](C)C[C@@H](N)C3)c(N)cc2F)c(F)c1. The highest BCUT2D eigenvalue weighted by Crippen LogP contribution is 2.39. The third-order valence-corrected chi connectivity index (χ3v) is 7.23. The van der Waals surface area contributed by atoms with Crippen LogP contribution in [0.3, 0.4) is 0 Å². The Morgan fingerprint density at radius 3 is 2.42 bits per heavy atom. The van der Waals surface area contributed by atoms with Gasteiger partial charge in [0, 0.05) is 25.4 Å². The van der Waals surface area contributed by atoms with Crippen LogP contribution in [0.25, 0.3) is 11.3 Å². The molecule has 2 heterocycles. The summed E-state index contributed by atoms with van der Waals surface area (Å²) in [7, 11) is 1.41. The fraction of sp³-hybridized carbons (Fsp3) is 0.393. The number of rotatable bonds is 6. The number of nitrogens with zero attached hydrogens (tertiary/aromatic N) is 2. The van der Waals surface area contributed by atoms with Crippen molar-refractivity contribution in [2.45, 2.75) is 57.6 Å². The van der Waals surface area contributed by atoms with E-state index >= 15 is 8.78 Å². The molecule has 10 heteroatoms. The standard InChI is InChI=1S/C28H32F3N5O2/c1-14-7-15(9-17(32)8-14)18-5-6-34-13-23(18)35-27(37)26-22(33)12-21(31)25(36-26)24-19(29)10-16(11-20(24)30)28(2,3)38-4/h5-6,10-15,17H,7-9,32-33H2,1-4H3,(H,35,37)/t14-,15+,17+/m0/s1. The molecule has 1 aromatic carbocycles. The molecule has 3 atom stereocenters. The summed E-state index contributed by atoms with van der Waals surface area (Å²) in [5.41, 5.74) is 10.7. The highest BCUT2D eigenvalue weighted by molar-refractivity contribution is 6.07. The number of carbonyl (C=O) groups excluding carboxylic acids is 1. The molecular weight excluding hydrogens is 495 g/mol. The molecule has 0 radical (unpaired) electrons. The van der Waals surface area contributed by atoms with Crippen LogP contribution in [0.4, 0.5) is 24.5 Å². The summed E-state index contributed by atoms with van der Waals surface area (Å²) in [6.07, 6.45) is 5.73. The fourth-order valence-electron chi connectivity index (χ4n) is 5.08. The molecule has 38 heavy (non-hydrogen) atoms. The van der Waals surface area contributed by atoms with E-state index in [1.165, 1.54) is 13.3 Å². The van der Waals surface area contributed by atoms with Crippen LogP contribution in [0.15, 0.2) is 36.7 Å². The van der Waals surface area contributed by atoms with E-state index in [0.717, 1.165) is 43.0 Å². The van der Waals surface area contributed by atoms with Crippen molar-refractivity contribution in [1.29, 1.82) is 0 Å². The normalized spacial score (nSPS) is 19.8. The van der Waals surface area contributed by atoms with Crippen LogP contribution in [0.2, 0.25) is 0 Å². The van der Waals surface area contributed by atoms with Gasteiger partial charge in [-0.3, -0.25) is 9.78 Å². The van der Waals surface area contributed by atoms with Crippen LogP contribution in [-0.4, -0.2) is 29.0 Å². The molecule has 1 aliphatic carbocycles. The summed E-state index contributed by atoms with van der Waals surface area (Å²) in [5.74, 6) is -3.40. The van der Waals surface area contributed by atoms with Gasteiger partial charge in [-0.2, -0.15) is 0 Å². The lowest BCUT2D eigenvalue weighted by molar-refractivity contribution is 0.0187. The second-order valence-corrected chi connectivity index (χ2v) is 10.5. The lowest BCUT2D eigenvalue weighted by Crippen LogP contribution is -2.31. The van der Waals surface area contributed by atoms with Crippen LogP contribution in [0.5, 0.6) is 0 Å². The molecular formula is C28H32F3N5O2. The number of halogens is 3. The number of methoxy groups -OCH3 is 1. The Balaban J connectivity index is 1.70. The maximum atomic E-state index is 15.1. The topological polar surface area (TPSA) is 116 Å². The van der Waals surface area contributed by atoms with E-state index in [4.69, 9.17) is 16.2 Å². The molecule has 0 spiro atoms. The maximum absolute atomic E-state index is 15.1. The molecule has 0 aliphatic heterocycles. The van der Waals surface area contributed by atoms with E-state index in [-0.39, 0.29) is 28.9 Å². The summed E-state index contributed by atoms with van der Waals surface area (Å²) in [4.78, 5) is 21.3. The molecule has 202 valence electrons. The van der Waals surface area contributed by atoms with E-state index in [2.05, 4.69) is 22.2 Å². The highest BCUT2D eigenvalue weighted by Gasteiger charge is 2.29. The van der Waals surface area contributed by atoms with Gasteiger partial charge in [-0.25, -0.2) is 18.2 Å². The van der Waals surface area contributed by atoms with Crippen molar-refractivity contribution in [2.75, 3.05) is 18.2 Å². The molecule has 0 saturated heterocycles. The Bertz CT molecular complexity index is 1330. The Hall–Kier alpha value is -3.50. The minimum Gasteiger partial charge on any atom is -0.397 e. The highest BCUT2D eigenvalue weighted by atomic mass is 19.1. The minimum atomic E-state index is -1.07. The van der Waals surface area contributed by atoms with Crippen molar-refractivity contribution in [3.8, 4) is 11.3 Å². The van der Waals surface area contributed by atoms with Crippen molar-refractivity contribution < 1.29 is 22.7 Å². The number of ether oxygens (including phenoxy) is 1. The van der Waals surface area contributed by atoms with Crippen molar-refractivity contribution in [3.05, 3.63) is 70.9 Å². The minimum absolute atomic E-state index is 0.0445. The molecule has 1 aliphatic rings. The molecule has 1 saturated carbocycles. The summed E-state index contributed by atoms with van der Waals surface area (Å²) < 4.78 is 50.4. The van der Waals surface area contributed by atoms with Gasteiger partial charge < -0.3 is 21.5 Å². The van der Waals surface area contributed by atoms with Gasteiger partial charge in [0.2, 0.25) is 0 Å². The zero-order valence-corrected chi connectivity index (χ0v) is 21.8. The van der Waals surface area contributed by atoms with E-state index in [9.17, 15) is 9.18 Å². The quantitative estimate of drug-likeness (QED) is 0.389. The maximum Gasteiger partial charge on any atom is 0.276 e. The summed E-state index contributed by atoms with van der Waals surface area (Å²) in [5, 5.41) is 2.75. The zero-order chi connectivity index (χ0) is 27.8. The van der Waals surface area contributed by atoms with Gasteiger partial charge in [0.05, 0.1) is 28.7 Å². The second kappa shape index (κ2) is 10.7. The first kappa shape index (κ1) is 27.5. The molecule has 1 fully saturated rings. The first-order valence-electron chi connectivity index (χ1n) is 12.4. The largest absolute Gasteiger partial charge is 0.397 e. The first-order valence-corrected chi connectivity index (χ1v) is 12.4. The number of pyridine rings is 2. The van der Waals surface area contributed by atoms with E-state index in [0.29, 0.717) is 11.6 Å². The molecule has 0 unspecified atom stereocenters. The third kappa shape index (κ3) is 5.51. The number of nitrogens with one attached hydrogen (secondary N) is 1. The van der Waals surface area contributed by atoms with E-state index in [1.54, 1.807) is 20.0 Å². The lowest BCUT2D eigenvalue weighted by Gasteiger charge is -2.32. The van der Waals surface area contributed by atoms with Crippen molar-refractivity contribution in [3.63, 3.8) is 0 Å². The number of amides is 1. The van der Waals surface area contributed by atoms with Crippen LogP contribution in [0.1, 0.15) is 67.6 Å². The predicted octanol–water partition coefficient (Wildman–Crippen LogP) is 5.51. The molecule has 3 aromatic rings. The molecule has 4 rings (SSSR count). The van der Waals surface area contributed by atoms with Crippen LogP contribution in [0, 0.1) is 23.4 Å². The predicted molar refractivity (Wildman–Crippen MR) is 140 cm³/mol. The van der Waals surface area contributed by atoms with Gasteiger partial charge in [-0.1, -0.05) is 6.92 Å². The average molecular weight is 528 g/mol. The summed E-state index contributed by atoms with van der Waals surface area (Å²) in [6.45, 7) is 5.41. The molecule has 5 N–H and O–H groups in total. The Morgan fingerprint density at radius 2 is 1.79 bits per heavy atom. The number of hydrogen-bond donors (Lipinski definition) is 3. The van der Waals surface area contributed by atoms with E-state index < -0.39 is 40.2 Å². The van der Waals surface area contributed by atoms with Crippen LogP contribution in [-0.2, 0) is 10.3 Å². The number of hydrogen-bond acceptors (Lipinski definition) is 6. The molecule has 1 amide bonds. The van der Waals surface area contributed by atoms with Crippen molar-refractivity contribution >= 4 is 17.3 Å². The fourth-order valence-corrected chi connectivity index (χ4v) is 5.08. The lowest BCUT2D eigenvalue weighted by atomic mass is 9.76. The van der Waals surface area contributed by atoms with Gasteiger partial charge in [0.25, 0.3) is 5.91 Å². The Kier molecular flexibility index (Phi) is 7.75. The van der Waals surface area contributed by atoms with Gasteiger partial charge in [-0.15, -0.1) is 0 Å². The Morgan fingerprint density at radius 1 is 1.11 bits per heavy atom. The number of aromatic nitrogens is 2. The second-order valence-electron chi connectivity index (χ2n) is 10.5.